The minimum atomic E-state index is -0.948. The third-order valence-electron chi connectivity index (χ3n) is 5.10. The lowest BCUT2D eigenvalue weighted by molar-refractivity contribution is 0.0981. The maximum Gasteiger partial charge on any atom is 0.196 e. The predicted molar refractivity (Wildman–Crippen MR) is 118 cm³/mol. The quantitative estimate of drug-likeness (QED) is 0.372. The van der Waals surface area contributed by atoms with Crippen molar-refractivity contribution in [2.45, 2.75) is 12.8 Å². The van der Waals surface area contributed by atoms with Crippen molar-refractivity contribution in [1.82, 2.24) is 14.8 Å². The first-order chi connectivity index (χ1) is 14.7. The van der Waals surface area contributed by atoms with Crippen molar-refractivity contribution in [2.75, 3.05) is 0 Å². The minimum absolute atomic E-state index is 0.236. The van der Waals surface area contributed by atoms with Gasteiger partial charge in [-0.05, 0) is 37.3 Å². The molecule has 0 radical (unpaired) electrons. The Morgan fingerprint density at radius 2 is 1.83 bits per heavy atom. The fraction of sp³-hybridized carbons (Fsp3) is 0.0833. The Bertz CT molecular complexity index is 1440. The third-order valence-corrected chi connectivity index (χ3v) is 6.22. The van der Waals surface area contributed by atoms with Crippen LogP contribution in [0.2, 0.25) is 0 Å². The van der Waals surface area contributed by atoms with Gasteiger partial charge in [0.05, 0.1) is 33.5 Å². The average Bonchev–Trinajstić information content (AvgIpc) is 3.35. The molecule has 0 N–H and O–H groups in total. The molecule has 144 valence electrons. The number of pyridine rings is 1. The van der Waals surface area contributed by atoms with Gasteiger partial charge in [-0.3, -0.25) is 9.78 Å². The summed E-state index contributed by atoms with van der Waals surface area (Å²) in [5, 5.41) is 16.3. The van der Waals surface area contributed by atoms with E-state index in [4.69, 9.17) is 0 Å². The van der Waals surface area contributed by atoms with Crippen LogP contribution >= 0.6 is 11.3 Å². The van der Waals surface area contributed by atoms with Gasteiger partial charge in [0, 0.05) is 10.8 Å². The number of benzene rings is 2. The Labute approximate surface area is 176 Å². The largest absolute Gasteiger partial charge is 0.291 e. The number of hydrogen-bond donors (Lipinski definition) is 0. The maximum atomic E-state index is 13.3. The number of nitriles is 1. The standard InChI is InChI=1S/C24H16N4OS/c1-15-18-13-22(30-24(18)28(27-15)17-8-3-2-4-9-17)23(29)19(14-25)21-12-11-16-7-5-6-10-20(16)26-21/h2-13,19H,1H3. The van der Waals surface area contributed by atoms with Crippen molar-refractivity contribution in [3.05, 3.63) is 89.1 Å². The number of Topliss-reactive ketones (excluding diaryl/α,β-unsaturated/α-hetero) is 1. The van der Waals surface area contributed by atoms with E-state index in [1.54, 1.807) is 6.07 Å². The zero-order valence-electron chi connectivity index (χ0n) is 16.1. The molecule has 1 atom stereocenters. The summed E-state index contributed by atoms with van der Waals surface area (Å²) < 4.78 is 1.85. The zero-order chi connectivity index (χ0) is 20.7. The molecule has 0 bridgehead atoms. The first kappa shape index (κ1) is 18.2. The molecule has 0 saturated carbocycles. The van der Waals surface area contributed by atoms with Gasteiger partial charge in [0.15, 0.2) is 11.7 Å². The molecule has 2 aromatic carbocycles. The van der Waals surface area contributed by atoms with Crippen molar-refractivity contribution >= 4 is 38.2 Å². The highest BCUT2D eigenvalue weighted by Crippen LogP contribution is 2.33. The number of thiophene rings is 1. The van der Waals surface area contributed by atoms with Gasteiger partial charge in [0.2, 0.25) is 0 Å². The van der Waals surface area contributed by atoms with Crippen molar-refractivity contribution in [2.24, 2.45) is 0 Å². The smallest absolute Gasteiger partial charge is 0.196 e. The lowest BCUT2D eigenvalue weighted by Gasteiger charge is -2.08. The van der Waals surface area contributed by atoms with Crippen LogP contribution in [0.5, 0.6) is 0 Å². The van der Waals surface area contributed by atoms with Gasteiger partial charge in [-0.2, -0.15) is 10.4 Å². The van der Waals surface area contributed by atoms with E-state index in [1.165, 1.54) is 11.3 Å². The van der Waals surface area contributed by atoms with Crippen LogP contribution in [0.1, 0.15) is 27.0 Å². The zero-order valence-corrected chi connectivity index (χ0v) is 16.9. The molecule has 0 fully saturated rings. The summed E-state index contributed by atoms with van der Waals surface area (Å²) in [7, 11) is 0. The summed E-state index contributed by atoms with van der Waals surface area (Å²) in [6, 6.07) is 25.1. The van der Waals surface area contributed by atoms with Crippen molar-refractivity contribution in [3.63, 3.8) is 0 Å². The van der Waals surface area contributed by atoms with Gasteiger partial charge in [0.25, 0.3) is 0 Å². The molecule has 3 heterocycles. The van der Waals surface area contributed by atoms with E-state index in [0.717, 1.165) is 32.5 Å². The number of nitrogens with zero attached hydrogens (tertiary/aromatic N) is 4. The number of ketones is 1. The predicted octanol–water partition coefficient (Wildman–Crippen LogP) is 5.43. The van der Waals surface area contributed by atoms with Gasteiger partial charge in [-0.15, -0.1) is 11.3 Å². The van der Waals surface area contributed by atoms with Crippen LogP contribution in [0.15, 0.2) is 72.8 Å². The molecule has 5 aromatic rings. The summed E-state index contributed by atoms with van der Waals surface area (Å²) in [5.41, 5.74) is 3.03. The lowest BCUT2D eigenvalue weighted by atomic mass is 9.99. The normalized spacial score (nSPS) is 12.1. The fourth-order valence-electron chi connectivity index (χ4n) is 3.56. The van der Waals surface area contributed by atoms with Crippen molar-refractivity contribution in [1.29, 1.82) is 5.26 Å². The topological polar surface area (TPSA) is 71.6 Å². The first-order valence-electron chi connectivity index (χ1n) is 9.50. The highest BCUT2D eigenvalue weighted by Gasteiger charge is 2.26. The van der Waals surface area contributed by atoms with Crippen molar-refractivity contribution in [3.8, 4) is 11.8 Å². The summed E-state index contributed by atoms with van der Waals surface area (Å²) in [5.74, 6) is -1.18. The molecular formula is C24H16N4OS. The molecule has 0 spiro atoms. The highest BCUT2D eigenvalue weighted by molar-refractivity contribution is 7.20. The Kier molecular flexibility index (Phi) is 4.38. The molecule has 0 aliphatic heterocycles. The monoisotopic (exact) mass is 408 g/mol. The highest BCUT2D eigenvalue weighted by atomic mass is 32.1. The van der Waals surface area contributed by atoms with E-state index in [-0.39, 0.29) is 5.78 Å². The number of carbonyl (C=O) groups excluding carboxylic acids is 1. The van der Waals surface area contributed by atoms with Gasteiger partial charge < -0.3 is 0 Å². The van der Waals surface area contributed by atoms with Gasteiger partial charge >= 0.3 is 0 Å². The van der Waals surface area contributed by atoms with E-state index < -0.39 is 5.92 Å². The van der Waals surface area contributed by atoms with Crippen LogP contribution in [0, 0.1) is 18.3 Å². The first-order valence-corrected chi connectivity index (χ1v) is 10.3. The number of carbonyl (C=O) groups is 1. The molecule has 5 rings (SSSR count). The van der Waals surface area contributed by atoms with Crippen LogP contribution in [-0.2, 0) is 0 Å². The number of aryl methyl sites for hydroxylation is 1. The van der Waals surface area contributed by atoms with E-state index >= 15 is 0 Å². The van der Waals surface area contributed by atoms with Crippen molar-refractivity contribution < 1.29 is 4.79 Å². The third kappa shape index (κ3) is 2.97. The van der Waals surface area contributed by atoms with Crippen LogP contribution in [0.25, 0.3) is 26.8 Å². The molecule has 0 saturated heterocycles. The Morgan fingerprint density at radius 3 is 2.63 bits per heavy atom. The van der Waals surface area contributed by atoms with E-state index in [2.05, 4.69) is 16.2 Å². The van der Waals surface area contributed by atoms with Crippen LogP contribution in [0.4, 0.5) is 0 Å². The second-order valence-corrected chi connectivity index (χ2v) is 8.05. The van der Waals surface area contributed by atoms with Gasteiger partial charge in [-0.1, -0.05) is 42.5 Å². The molecule has 1 unspecified atom stereocenters. The molecule has 30 heavy (non-hydrogen) atoms. The summed E-state index contributed by atoms with van der Waals surface area (Å²) in [6.07, 6.45) is 0. The molecule has 0 amide bonds. The Hall–Kier alpha value is -3.82. The fourth-order valence-corrected chi connectivity index (χ4v) is 4.71. The summed E-state index contributed by atoms with van der Waals surface area (Å²) >= 11 is 1.36. The molecule has 5 nitrogen and oxygen atoms in total. The van der Waals surface area contributed by atoms with Crippen LogP contribution in [0.3, 0.4) is 0 Å². The molecule has 0 aliphatic carbocycles. The average molecular weight is 408 g/mol. The van der Waals surface area contributed by atoms with E-state index in [9.17, 15) is 10.1 Å². The minimum Gasteiger partial charge on any atom is -0.291 e. The van der Waals surface area contributed by atoms with Crippen LogP contribution < -0.4 is 0 Å². The van der Waals surface area contributed by atoms with Gasteiger partial charge in [-0.25, -0.2) is 4.68 Å². The lowest BCUT2D eigenvalue weighted by Crippen LogP contribution is -2.11. The molecule has 3 aromatic heterocycles. The molecule has 6 heteroatoms. The number of hydrogen-bond acceptors (Lipinski definition) is 5. The Morgan fingerprint density at radius 1 is 1.07 bits per heavy atom. The number of rotatable bonds is 4. The molecule has 0 aliphatic rings. The van der Waals surface area contributed by atoms with E-state index in [1.807, 2.05) is 78.3 Å². The Balaban J connectivity index is 1.57. The second kappa shape index (κ2) is 7.21. The number of fused-ring (bicyclic) bond motifs is 2. The number of para-hydroxylation sites is 2. The summed E-state index contributed by atoms with van der Waals surface area (Å²) in [4.78, 5) is 19.3. The SMILES string of the molecule is Cc1nn(-c2ccccc2)c2sc(C(=O)C(C#N)c3ccc4ccccc4n3)cc12. The van der Waals surface area contributed by atoms with Crippen LogP contribution in [-0.4, -0.2) is 20.5 Å². The maximum absolute atomic E-state index is 13.3. The number of aromatic nitrogens is 3. The summed E-state index contributed by atoms with van der Waals surface area (Å²) in [6.45, 7) is 1.93. The van der Waals surface area contributed by atoms with Gasteiger partial charge in [0.1, 0.15) is 4.83 Å². The molecular weight excluding hydrogens is 392 g/mol. The second-order valence-electron chi connectivity index (χ2n) is 7.02. The van der Waals surface area contributed by atoms with E-state index in [0.29, 0.717) is 10.6 Å².